The van der Waals surface area contributed by atoms with E-state index in [0.29, 0.717) is 21.0 Å². The van der Waals surface area contributed by atoms with Gasteiger partial charge in [-0.1, -0.05) is 53.7 Å². The highest BCUT2D eigenvalue weighted by molar-refractivity contribution is 7.99. The Morgan fingerprint density at radius 2 is 1.90 bits per heavy atom. The van der Waals surface area contributed by atoms with E-state index in [1.54, 1.807) is 24.3 Å². The molecular weight excluding hydrogens is 450 g/mol. The normalized spacial score (nSPS) is 11.2. The first-order valence-electron chi connectivity index (χ1n) is 9.08. The van der Waals surface area contributed by atoms with Crippen LogP contribution in [0.5, 0.6) is 0 Å². The third-order valence-electron chi connectivity index (χ3n) is 4.08. The summed E-state index contributed by atoms with van der Waals surface area (Å²) in [5, 5.41) is 15.7. The molecule has 0 radical (unpaired) electrons. The summed E-state index contributed by atoms with van der Waals surface area (Å²) in [7, 11) is 0. The first kappa shape index (κ1) is 20.9. The third-order valence-corrected chi connectivity index (χ3v) is 6.02. The second-order valence-electron chi connectivity index (χ2n) is 6.24. The molecule has 5 nitrogen and oxygen atoms in total. The molecule has 4 rings (SSSR count). The number of hydrogen-bond acceptors (Lipinski definition) is 6. The summed E-state index contributed by atoms with van der Waals surface area (Å²) in [5.74, 6) is -0.132. The van der Waals surface area contributed by atoms with Crippen molar-refractivity contribution in [2.45, 2.75) is 9.99 Å². The van der Waals surface area contributed by atoms with Crippen molar-refractivity contribution in [2.75, 3.05) is 5.32 Å². The topological polar surface area (TPSA) is 78.9 Å². The second kappa shape index (κ2) is 9.67. The number of carbonyl (C=O) groups is 1. The predicted octanol–water partition coefficient (Wildman–Crippen LogP) is 6.75. The van der Waals surface area contributed by atoms with E-state index < -0.39 is 5.91 Å². The van der Waals surface area contributed by atoms with Gasteiger partial charge in [0.15, 0.2) is 10.2 Å². The van der Waals surface area contributed by atoms with Crippen molar-refractivity contribution >= 4 is 51.8 Å². The van der Waals surface area contributed by atoms with Gasteiger partial charge in [0.2, 0.25) is 0 Å². The Labute approximate surface area is 192 Å². The summed E-state index contributed by atoms with van der Waals surface area (Å²) in [5.41, 5.74) is 1.64. The van der Waals surface area contributed by atoms with Crippen molar-refractivity contribution in [1.82, 2.24) is 4.98 Å². The minimum Gasteiger partial charge on any atom is -0.450 e. The zero-order chi connectivity index (χ0) is 21.6. The number of carbonyl (C=O) groups excluding carboxylic acids is 1. The molecule has 31 heavy (non-hydrogen) atoms. The van der Waals surface area contributed by atoms with E-state index in [9.17, 15) is 10.1 Å². The summed E-state index contributed by atoms with van der Waals surface area (Å²) in [6.45, 7) is 0. The molecule has 0 atom stereocenters. The molecule has 1 amide bonds. The Bertz CT molecular complexity index is 1270. The standard InChI is InChI=1S/C23H14ClN3O2S2/c24-17-6-9-19(10-7-17)31-21-11-8-18(29-21)12-16(13-25)22(28)27-23-26-20(14-30-23)15-4-2-1-3-5-15/h1-12,14H,(H,26,27,28)/b16-12-. The van der Waals surface area contributed by atoms with E-state index in [0.717, 1.165) is 16.2 Å². The van der Waals surface area contributed by atoms with Crippen LogP contribution in [0.1, 0.15) is 5.76 Å². The van der Waals surface area contributed by atoms with Gasteiger partial charge in [0.25, 0.3) is 5.91 Å². The van der Waals surface area contributed by atoms with Gasteiger partial charge in [0.1, 0.15) is 17.4 Å². The number of amides is 1. The van der Waals surface area contributed by atoms with Gasteiger partial charge in [-0.15, -0.1) is 11.3 Å². The molecule has 0 saturated carbocycles. The maximum Gasteiger partial charge on any atom is 0.268 e. The average Bonchev–Trinajstić information content (AvgIpc) is 3.44. The van der Waals surface area contributed by atoms with Crippen molar-refractivity contribution in [2.24, 2.45) is 0 Å². The van der Waals surface area contributed by atoms with Crippen LogP contribution in [0.4, 0.5) is 5.13 Å². The Hall–Kier alpha value is -3.31. The molecule has 0 fully saturated rings. The highest BCUT2D eigenvalue weighted by Gasteiger charge is 2.14. The van der Waals surface area contributed by atoms with E-state index >= 15 is 0 Å². The highest BCUT2D eigenvalue weighted by atomic mass is 35.5. The number of nitrogens with zero attached hydrogens (tertiary/aromatic N) is 2. The molecule has 0 aliphatic carbocycles. The molecule has 152 valence electrons. The smallest absolute Gasteiger partial charge is 0.268 e. The number of thiazole rings is 1. The maximum atomic E-state index is 12.5. The predicted molar refractivity (Wildman–Crippen MR) is 124 cm³/mol. The summed E-state index contributed by atoms with van der Waals surface area (Å²) in [6.07, 6.45) is 1.41. The molecule has 4 aromatic rings. The van der Waals surface area contributed by atoms with Crippen LogP contribution in [-0.4, -0.2) is 10.9 Å². The van der Waals surface area contributed by atoms with Crippen LogP contribution in [0.15, 0.2) is 92.1 Å². The fourth-order valence-corrected chi connectivity index (χ4v) is 4.23. The summed E-state index contributed by atoms with van der Waals surface area (Å²) >= 11 is 8.61. The van der Waals surface area contributed by atoms with E-state index in [1.165, 1.54) is 29.2 Å². The number of halogens is 1. The van der Waals surface area contributed by atoms with Gasteiger partial charge in [-0.2, -0.15) is 5.26 Å². The fraction of sp³-hybridized carbons (Fsp3) is 0. The first-order valence-corrected chi connectivity index (χ1v) is 11.2. The molecule has 0 aliphatic heterocycles. The molecule has 8 heteroatoms. The monoisotopic (exact) mass is 463 g/mol. The minimum atomic E-state index is -0.542. The van der Waals surface area contributed by atoms with Gasteiger partial charge < -0.3 is 4.42 Å². The van der Waals surface area contributed by atoms with Gasteiger partial charge in [0, 0.05) is 26.9 Å². The molecule has 2 aromatic carbocycles. The van der Waals surface area contributed by atoms with Gasteiger partial charge in [-0.05, 0) is 36.4 Å². The van der Waals surface area contributed by atoms with Crippen LogP contribution >= 0.6 is 34.7 Å². The van der Waals surface area contributed by atoms with Crippen LogP contribution in [0, 0.1) is 11.3 Å². The molecule has 2 heterocycles. The van der Waals surface area contributed by atoms with Gasteiger partial charge in [0.05, 0.1) is 5.69 Å². The number of aromatic nitrogens is 1. The van der Waals surface area contributed by atoms with Crippen molar-refractivity contribution in [3.63, 3.8) is 0 Å². The largest absolute Gasteiger partial charge is 0.450 e. The van der Waals surface area contributed by atoms with Crippen LogP contribution in [-0.2, 0) is 4.79 Å². The molecular formula is C23H14ClN3O2S2. The molecule has 1 N–H and O–H groups in total. The van der Waals surface area contributed by atoms with Crippen LogP contribution in [0.25, 0.3) is 17.3 Å². The number of anilines is 1. The SMILES string of the molecule is N#C/C(=C/c1ccc(Sc2ccc(Cl)cc2)o1)C(=O)Nc1nc(-c2ccccc2)cs1. The maximum absolute atomic E-state index is 12.5. The van der Waals surface area contributed by atoms with Crippen LogP contribution in [0.2, 0.25) is 5.02 Å². The van der Waals surface area contributed by atoms with Crippen molar-refractivity contribution in [1.29, 1.82) is 5.26 Å². The quantitative estimate of drug-likeness (QED) is 0.252. The van der Waals surface area contributed by atoms with Crippen LogP contribution < -0.4 is 5.32 Å². The number of nitriles is 1. The van der Waals surface area contributed by atoms with E-state index in [-0.39, 0.29) is 5.57 Å². The minimum absolute atomic E-state index is 0.0751. The molecule has 0 saturated heterocycles. The Morgan fingerprint density at radius 3 is 2.65 bits per heavy atom. The summed E-state index contributed by atoms with van der Waals surface area (Å²) in [6, 6.07) is 22.4. The molecule has 0 aliphatic rings. The molecule has 2 aromatic heterocycles. The lowest BCUT2D eigenvalue weighted by Crippen LogP contribution is -2.13. The second-order valence-corrected chi connectivity index (χ2v) is 8.61. The molecule has 0 spiro atoms. The molecule has 0 bridgehead atoms. The third kappa shape index (κ3) is 5.44. The lowest BCUT2D eigenvalue weighted by molar-refractivity contribution is -0.112. The van der Waals surface area contributed by atoms with E-state index in [2.05, 4.69) is 10.3 Å². The number of nitrogens with one attached hydrogen (secondary N) is 1. The fourth-order valence-electron chi connectivity index (χ4n) is 2.61. The van der Waals surface area contributed by atoms with Gasteiger partial charge in [-0.3, -0.25) is 10.1 Å². The number of rotatable bonds is 6. The van der Waals surface area contributed by atoms with Crippen molar-refractivity contribution in [3.05, 3.63) is 88.5 Å². The van der Waals surface area contributed by atoms with Gasteiger partial charge in [-0.25, -0.2) is 4.98 Å². The average molecular weight is 464 g/mol. The number of hydrogen-bond donors (Lipinski definition) is 1. The van der Waals surface area contributed by atoms with E-state index in [1.807, 2.05) is 53.9 Å². The molecule has 0 unspecified atom stereocenters. The summed E-state index contributed by atoms with van der Waals surface area (Å²) < 4.78 is 5.72. The Morgan fingerprint density at radius 1 is 1.13 bits per heavy atom. The highest BCUT2D eigenvalue weighted by Crippen LogP contribution is 2.31. The number of furan rings is 1. The van der Waals surface area contributed by atoms with Gasteiger partial charge >= 0.3 is 0 Å². The Kier molecular flexibility index (Phi) is 6.53. The van der Waals surface area contributed by atoms with Crippen LogP contribution in [0.3, 0.4) is 0 Å². The van der Waals surface area contributed by atoms with E-state index in [4.69, 9.17) is 16.0 Å². The lowest BCUT2D eigenvalue weighted by Gasteiger charge is -2.00. The lowest BCUT2D eigenvalue weighted by atomic mass is 10.2. The number of benzene rings is 2. The van der Waals surface area contributed by atoms with Crippen molar-refractivity contribution in [3.8, 4) is 17.3 Å². The zero-order valence-electron chi connectivity index (χ0n) is 15.9. The Balaban J connectivity index is 1.44. The van der Waals surface area contributed by atoms with Crippen molar-refractivity contribution < 1.29 is 9.21 Å². The summed E-state index contributed by atoms with van der Waals surface area (Å²) in [4.78, 5) is 17.9. The first-order chi connectivity index (χ1) is 15.1. The zero-order valence-corrected chi connectivity index (χ0v) is 18.3.